The Kier molecular flexibility index (Phi) is 6.12. The highest BCUT2D eigenvalue weighted by Gasteiger charge is 2.33. The molecule has 0 bridgehead atoms. The van der Waals surface area contributed by atoms with Crippen molar-refractivity contribution in [3.05, 3.63) is 65.5 Å². The van der Waals surface area contributed by atoms with E-state index in [1.165, 1.54) is 6.07 Å². The monoisotopic (exact) mass is 369 g/mol. The molecule has 5 heteroatoms. The van der Waals surface area contributed by atoms with Gasteiger partial charge in [0.25, 0.3) is 5.91 Å². The first-order valence-electron chi connectivity index (χ1n) is 9.08. The van der Waals surface area contributed by atoms with Crippen molar-refractivity contribution in [1.29, 1.82) is 0 Å². The lowest BCUT2D eigenvalue weighted by Crippen LogP contribution is -2.36. The van der Waals surface area contributed by atoms with Crippen molar-refractivity contribution in [2.75, 3.05) is 13.7 Å². The maximum absolute atomic E-state index is 14.0. The number of ether oxygens (including phenoxy) is 2. The fourth-order valence-corrected chi connectivity index (χ4v) is 2.94. The smallest absolute Gasteiger partial charge is 0.261 e. The molecule has 1 fully saturated rings. The van der Waals surface area contributed by atoms with Crippen molar-refractivity contribution in [2.45, 2.75) is 32.4 Å². The average Bonchev–Trinajstić information content (AvgIpc) is 3.51. The van der Waals surface area contributed by atoms with Crippen LogP contribution in [0.3, 0.4) is 0 Å². The van der Waals surface area contributed by atoms with Gasteiger partial charge in [-0.25, -0.2) is 4.39 Å². The van der Waals surface area contributed by atoms with Crippen LogP contribution in [0, 0.1) is 5.82 Å². The van der Waals surface area contributed by atoms with Gasteiger partial charge in [-0.2, -0.15) is 0 Å². The van der Waals surface area contributed by atoms with Crippen LogP contribution in [0.25, 0.3) is 6.08 Å². The van der Waals surface area contributed by atoms with Crippen molar-refractivity contribution >= 4 is 12.0 Å². The topological polar surface area (TPSA) is 38.8 Å². The molecule has 0 radical (unpaired) electrons. The lowest BCUT2D eigenvalue weighted by Gasteiger charge is -2.23. The van der Waals surface area contributed by atoms with Gasteiger partial charge >= 0.3 is 0 Å². The van der Waals surface area contributed by atoms with Crippen LogP contribution in [-0.4, -0.2) is 30.6 Å². The minimum atomic E-state index is -0.293. The Balaban J connectivity index is 1.67. The van der Waals surface area contributed by atoms with Crippen molar-refractivity contribution in [1.82, 2.24) is 4.90 Å². The summed E-state index contributed by atoms with van der Waals surface area (Å²) < 4.78 is 25.0. The molecule has 1 aliphatic rings. The van der Waals surface area contributed by atoms with Crippen LogP contribution in [0.5, 0.6) is 11.5 Å². The number of amides is 1. The molecule has 0 heterocycles. The Morgan fingerprint density at radius 1 is 1.22 bits per heavy atom. The third kappa shape index (κ3) is 4.88. The summed E-state index contributed by atoms with van der Waals surface area (Å²) in [5.41, 5.74) is 1.51. The van der Waals surface area contributed by atoms with Crippen LogP contribution in [-0.2, 0) is 11.3 Å². The summed E-state index contributed by atoms with van der Waals surface area (Å²) >= 11 is 0. The Labute approximate surface area is 159 Å². The van der Waals surface area contributed by atoms with Gasteiger partial charge in [0.2, 0.25) is 0 Å². The molecule has 0 aliphatic heterocycles. The first kappa shape index (κ1) is 19.0. The molecule has 3 rings (SSSR count). The predicted octanol–water partition coefficient (Wildman–Crippen LogP) is 4.44. The minimum Gasteiger partial charge on any atom is -0.493 e. The van der Waals surface area contributed by atoms with Crippen LogP contribution in [0.15, 0.2) is 48.5 Å². The molecular weight excluding hydrogens is 345 g/mol. The number of methoxy groups -OCH3 is 1. The number of carbonyl (C=O) groups is 1. The van der Waals surface area contributed by atoms with E-state index in [-0.39, 0.29) is 30.9 Å². The summed E-state index contributed by atoms with van der Waals surface area (Å²) in [4.78, 5) is 14.4. The molecule has 1 aliphatic carbocycles. The lowest BCUT2D eigenvalue weighted by atomic mass is 10.2. The molecule has 0 aromatic heterocycles. The first-order valence-corrected chi connectivity index (χ1v) is 9.08. The summed E-state index contributed by atoms with van der Waals surface area (Å²) in [5, 5.41) is 0. The zero-order valence-corrected chi connectivity index (χ0v) is 15.7. The molecule has 1 amide bonds. The standard InChI is InChI=1S/C22H24FNO3/c1-3-6-16-9-12-20(21(13-16)26-2)27-15-22(25)24(18-10-11-18)14-17-7-4-5-8-19(17)23/h3-9,12-13,18H,10-11,14-15H2,1-2H3/b6-3+. The van der Waals surface area contributed by atoms with E-state index in [1.54, 1.807) is 36.3 Å². The predicted molar refractivity (Wildman–Crippen MR) is 103 cm³/mol. The number of halogens is 1. The van der Waals surface area contributed by atoms with E-state index in [4.69, 9.17) is 9.47 Å². The van der Waals surface area contributed by atoms with Gasteiger partial charge in [0.15, 0.2) is 18.1 Å². The normalized spacial score (nSPS) is 13.6. The van der Waals surface area contributed by atoms with Crippen LogP contribution in [0.2, 0.25) is 0 Å². The Morgan fingerprint density at radius 2 is 2.00 bits per heavy atom. The molecule has 2 aromatic carbocycles. The number of allylic oxidation sites excluding steroid dienone is 1. The summed E-state index contributed by atoms with van der Waals surface area (Å²) in [5.74, 6) is 0.643. The maximum Gasteiger partial charge on any atom is 0.261 e. The highest BCUT2D eigenvalue weighted by Crippen LogP contribution is 2.31. The largest absolute Gasteiger partial charge is 0.493 e. The second-order valence-electron chi connectivity index (χ2n) is 6.54. The Hall–Kier alpha value is -2.82. The molecule has 0 spiro atoms. The van der Waals surface area contributed by atoms with Crippen LogP contribution in [0.1, 0.15) is 30.9 Å². The third-order valence-corrected chi connectivity index (χ3v) is 4.50. The molecule has 27 heavy (non-hydrogen) atoms. The van der Waals surface area contributed by atoms with Gasteiger partial charge in [0.1, 0.15) is 5.82 Å². The third-order valence-electron chi connectivity index (χ3n) is 4.50. The van der Waals surface area contributed by atoms with Gasteiger partial charge in [0.05, 0.1) is 7.11 Å². The van der Waals surface area contributed by atoms with Crippen LogP contribution in [0.4, 0.5) is 4.39 Å². The van der Waals surface area contributed by atoms with Gasteiger partial charge in [-0.05, 0) is 43.5 Å². The molecule has 0 unspecified atom stereocenters. The summed E-state index contributed by atoms with van der Waals surface area (Å²) in [6, 6.07) is 12.3. The fraction of sp³-hybridized carbons (Fsp3) is 0.318. The van der Waals surface area contributed by atoms with E-state index < -0.39 is 0 Å². The van der Waals surface area contributed by atoms with Crippen LogP contribution < -0.4 is 9.47 Å². The number of benzene rings is 2. The van der Waals surface area contributed by atoms with E-state index in [1.807, 2.05) is 31.2 Å². The number of carbonyl (C=O) groups excluding carboxylic acids is 1. The molecule has 0 atom stereocenters. The second-order valence-corrected chi connectivity index (χ2v) is 6.54. The molecule has 0 saturated heterocycles. The van der Waals surface area contributed by atoms with Gasteiger partial charge in [-0.1, -0.05) is 36.4 Å². The lowest BCUT2D eigenvalue weighted by molar-refractivity contribution is -0.134. The SMILES string of the molecule is C/C=C/c1ccc(OCC(=O)N(Cc2ccccc2F)C2CC2)c(OC)c1. The molecule has 1 saturated carbocycles. The average molecular weight is 369 g/mol. The number of rotatable bonds is 8. The van der Waals surface area contributed by atoms with Crippen molar-refractivity contribution in [3.63, 3.8) is 0 Å². The van der Waals surface area contributed by atoms with E-state index >= 15 is 0 Å². The van der Waals surface area contributed by atoms with Crippen molar-refractivity contribution < 1.29 is 18.7 Å². The maximum atomic E-state index is 14.0. The molecule has 2 aromatic rings. The van der Waals surface area contributed by atoms with Crippen LogP contribution >= 0.6 is 0 Å². The zero-order chi connectivity index (χ0) is 19.2. The minimum absolute atomic E-state index is 0.107. The van der Waals surface area contributed by atoms with Gasteiger partial charge in [-0.3, -0.25) is 4.79 Å². The van der Waals surface area contributed by atoms with Gasteiger partial charge in [-0.15, -0.1) is 0 Å². The Morgan fingerprint density at radius 3 is 2.67 bits per heavy atom. The van der Waals surface area contributed by atoms with E-state index in [9.17, 15) is 9.18 Å². The molecule has 0 N–H and O–H groups in total. The van der Waals surface area contributed by atoms with Gasteiger partial charge in [0, 0.05) is 18.2 Å². The summed E-state index contributed by atoms with van der Waals surface area (Å²) in [6.07, 6.45) is 5.79. The number of hydrogen-bond donors (Lipinski definition) is 0. The van der Waals surface area contributed by atoms with E-state index in [2.05, 4.69) is 0 Å². The highest BCUT2D eigenvalue weighted by atomic mass is 19.1. The van der Waals surface area contributed by atoms with Crippen molar-refractivity contribution in [3.8, 4) is 11.5 Å². The number of nitrogens with zero attached hydrogens (tertiary/aromatic N) is 1. The second kappa shape index (κ2) is 8.71. The van der Waals surface area contributed by atoms with Crippen molar-refractivity contribution in [2.24, 2.45) is 0 Å². The zero-order valence-electron chi connectivity index (χ0n) is 15.7. The van der Waals surface area contributed by atoms with E-state index in [0.29, 0.717) is 17.1 Å². The summed E-state index contributed by atoms with van der Waals surface area (Å²) in [6.45, 7) is 2.10. The highest BCUT2D eigenvalue weighted by molar-refractivity contribution is 5.78. The summed E-state index contributed by atoms with van der Waals surface area (Å²) in [7, 11) is 1.57. The molecule has 4 nitrogen and oxygen atoms in total. The molecule has 142 valence electrons. The number of hydrogen-bond acceptors (Lipinski definition) is 3. The first-order chi connectivity index (χ1) is 13.1. The fourth-order valence-electron chi connectivity index (χ4n) is 2.94. The molecular formula is C22H24FNO3. The quantitative estimate of drug-likeness (QED) is 0.691. The van der Waals surface area contributed by atoms with E-state index in [0.717, 1.165) is 18.4 Å². The Bertz CT molecular complexity index is 830. The van der Waals surface area contributed by atoms with Gasteiger partial charge < -0.3 is 14.4 Å².